The smallest absolute Gasteiger partial charge is 0.158 e. The molecule has 4 aromatic carbocycles. The molecule has 0 fully saturated rings. The summed E-state index contributed by atoms with van der Waals surface area (Å²) in [5, 5.41) is 2.35. The predicted octanol–water partition coefficient (Wildman–Crippen LogP) is 9.23. The van der Waals surface area contributed by atoms with E-state index in [0.29, 0.717) is 6.67 Å². The molecule has 8 rings (SSSR count). The summed E-state index contributed by atoms with van der Waals surface area (Å²) in [6.07, 6.45) is 3.69. The first-order valence-corrected chi connectivity index (χ1v) is 14.4. The van der Waals surface area contributed by atoms with Crippen LogP contribution < -0.4 is 14.5 Å². The van der Waals surface area contributed by atoms with E-state index in [-0.39, 0.29) is 0 Å². The Hall–Kier alpha value is -5.62. The van der Waals surface area contributed by atoms with Crippen LogP contribution in [0.25, 0.3) is 27.6 Å². The Bertz CT molecular complexity index is 2120. The zero-order chi connectivity index (χ0) is 28.9. The van der Waals surface area contributed by atoms with E-state index in [1.54, 1.807) is 0 Å². The van der Waals surface area contributed by atoms with E-state index in [2.05, 4.69) is 106 Å². The standard InChI is InChI=1S/C37H29N5O/c1-25-10-7-11-26(2)36(25)41-24-40(37-33(41)16-9-21-39-37)27-12-8-13-28(22-27)43-29-18-19-31-30-14-3-4-15-32(30)42(34(31)23-29)35-17-5-6-20-38-35/h3-23H,24H2,1-2H3. The van der Waals surface area contributed by atoms with Crippen LogP contribution in [0.5, 0.6) is 11.5 Å². The molecule has 0 saturated heterocycles. The number of pyridine rings is 2. The maximum Gasteiger partial charge on any atom is 0.158 e. The second-order valence-corrected chi connectivity index (χ2v) is 10.9. The van der Waals surface area contributed by atoms with Crippen LogP contribution in [-0.4, -0.2) is 21.2 Å². The Kier molecular flexibility index (Phi) is 5.86. The van der Waals surface area contributed by atoms with Gasteiger partial charge in [0.15, 0.2) is 5.82 Å². The topological polar surface area (TPSA) is 46.4 Å². The molecule has 1 aliphatic rings. The first-order valence-electron chi connectivity index (χ1n) is 14.4. The highest BCUT2D eigenvalue weighted by Crippen LogP contribution is 2.45. The molecule has 7 aromatic rings. The van der Waals surface area contributed by atoms with E-state index in [0.717, 1.165) is 50.9 Å². The van der Waals surface area contributed by atoms with E-state index in [1.807, 2.05) is 54.9 Å². The van der Waals surface area contributed by atoms with Crippen LogP contribution in [0.15, 0.2) is 128 Å². The minimum absolute atomic E-state index is 0.664. The highest BCUT2D eigenvalue weighted by molar-refractivity contribution is 6.09. The first kappa shape index (κ1) is 25.1. The monoisotopic (exact) mass is 559 g/mol. The summed E-state index contributed by atoms with van der Waals surface area (Å²) in [7, 11) is 0. The molecule has 208 valence electrons. The minimum atomic E-state index is 0.664. The molecule has 0 saturated carbocycles. The Morgan fingerprint density at radius 3 is 2.23 bits per heavy atom. The van der Waals surface area contributed by atoms with Crippen molar-refractivity contribution in [2.24, 2.45) is 0 Å². The van der Waals surface area contributed by atoms with Gasteiger partial charge < -0.3 is 14.5 Å². The lowest BCUT2D eigenvalue weighted by Gasteiger charge is -2.25. The van der Waals surface area contributed by atoms with E-state index >= 15 is 0 Å². The molecular formula is C37H29N5O. The van der Waals surface area contributed by atoms with Gasteiger partial charge in [-0.25, -0.2) is 9.97 Å². The van der Waals surface area contributed by atoms with Crippen LogP contribution in [0.4, 0.5) is 22.9 Å². The van der Waals surface area contributed by atoms with Crippen molar-refractivity contribution in [3.63, 3.8) is 0 Å². The number of fused-ring (bicyclic) bond motifs is 4. The predicted molar refractivity (Wildman–Crippen MR) is 174 cm³/mol. The normalized spacial score (nSPS) is 12.7. The molecule has 6 nitrogen and oxygen atoms in total. The number of hydrogen-bond donors (Lipinski definition) is 0. The molecule has 1 aliphatic heterocycles. The first-order chi connectivity index (χ1) is 21.2. The summed E-state index contributed by atoms with van der Waals surface area (Å²) in [5.74, 6) is 3.34. The quantitative estimate of drug-likeness (QED) is 0.210. The maximum absolute atomic E-state index is 6.52. The van der Waals surface area contributed by atoms with Gasteiger partial charge in [0.05, 0.1) is 16.7 Å². The number of aryl methyl sites for hydroxylation is 2. The van der Waals surface area contributed by atoms with Crippen LogP contribution in [0.3, 0.4) is 0 Å². The number of benzene rings is 4. The molecule has 6 heteroatoms. The Balaban J connectivity index is 1.16. The van der Waals surface area contributed by atoms with E-state index in [1.165, 1.54) is 22.2 Å². The second kappa shape index (κ2) is 10.0. The fourth-order valence-corrected chi connectivity index (χ4v) is 6.32. The summed E-state index contributed by atoms with van der Waals surface area (Å²) in [6.45, 7) is 5.00. The number of rotatable bonds is 5. The van der Waals surface area contributed by atoms with E-state index < -0.39 is 0 Å². The summed E-state index contributed by atoms with van der Waals surface area (Å²) in [5.41, 5.74) is 8.00. The minimum Gasteiger partial charge on any atom is -0.457 e. The summed E-state index contributed by atoms with van der Waals surface area (Å²) >= 11 is 0. The van der Waals surface area contributed by atoms with Crippen molar-refractivity contribution >= 4 is 44.7 Å². The van der Waals surface area contributed by atoms with Gasteiger partial charge in [-0.3, -0.25) is 4.57 Å². The Morgan fingerprint density at radius 1 is 0.605 bits per heavy atom. The van der Waals surface area contributed by atoms with Crippen molar-refractivity contribution in [2.75, 3.05) is 16.5 Å². The lowest BCUT2D eigenvalue weighted by atomic mass is 10.1. The molecule has 0 radical (unpaired) electrons. The molecule has 0 N–H and O–H groups in total. The van der Waals surface area contributed by atoms with Gasteiger partial charge in [-0.15, -0.1) is 0 Å². The third-order valence-electron chi connectivity index (χ3n) is 8.19. The molecule has 43 heavy (non-hydrogen) atoms. The van der Waals surface area contributed by atoms with Gasteiger partial charge in [-0.2, -0.15) is 0 Å². The van der Waals surface area contributed by atoms with Gasteiger partial charge in [0.25, 0.3) is 0 Å². The van der Waals surface area contributed by atoms with Crippen molar-refractivity contribution in [3.05, 3.63) is 139 Å². The molecule has 0 aliphatic carbocycles. The number of para-hydroxylation sites is 2. The van der Waals surface area contributed by atoms with Gasteiger partial charge in [0.1, 0.15) is 24.0 Å². The Labute approximate surface area is 250 Å². The van der Waals surface area contributed by atoms with Gasteiger partial charge in [-0.1, -0.05) is 48.5 Å². The van der Waals surface area contributed by atoms with Gasteiger partial charge in [0, 0.05) is 46.7 Å². The fourth-order valence-electron chi connectivity index (χ4n) is 6.32. The molecule has 0 amide bonds. The zero-order valence-corrected chi connectivity index (χ0v) is 24.0. The molecule has 4 heterocycles. The van der Waals surface area contributed by atoms with Gasteiger partial charge in [-0.05, 0) is 79.6 Å². The van der Waals surface area contributed by atoms with Crippen LogP contribution in [0.1, 0.15) is 11.1 Å². The number of ether oxygens (including phenoxy) is 1. The molecule has 0 unspecified atom stereocenters. The van der Waals surface area contributed by atoms with Crippen molar-refractivity contribution in [1.29, 1.82) is 0 Å². The maximum atomic E-state index is 6.52. The largest absolute Gasteiger partial charge is 0.457 e. The molecule has 0 bridgehead atoms. The number of anilines is 4. The van der Waals surface area contributed by atoms with Gasteiger partial charge >= 0.3 is 0 Å². The zero-order valence-electron chi connectivity index (χ0n) is 24.0. The SMILES string of the molecule is Cc1cccc(C)c1N1CN(c2cccc(Oc3ccc4c5ccccc5n(-c5ccccn5)c4c3)c2)c2ncccc21. The number of aromatic nitrogens is 3. The number of nitrogens with zero attached hydrogens (tertiary/aromatic N) is 5. The lowest BCUT2D eigenvalue weighted by Crippen LogP contribution is -2.25. The van der Waals surface area contributed by atoms with Crippen LogP contribution in [0, 0.1) is 13.8 Å². The lowest BCUT2D eigenvalue weighted by molar-refractivity contribution is 0.483. The van der Waals surface area contributed by atoms with Crippen molar-refractivity contribution < 1.29 is 4.74 Å². The van der Waals surface area contributed by atoms with Crippen LogP contribution in [-0.2, 0) is 0 Å². The average molecular weight is 560 g/mol. The summed E-state index contributed by atoms with van der Waals surface area (Å²) < 4.78 is 8.71. The van der Waals surface area contributed by atoms with Crippen molar-refractivity contribution in [1.82, 2.24) is 14.5 Å². The third-order valence-corrected chi connectivity index (χ3v) is 8.19. The van der Waals surface area contributed by atoms with Crippen LogP contribution >= 0.6 is 0 Å². The highest BCUT2D eigenvalue weighted by atomic mass is 16.5. The summed E-state index contributed by atoms with van der Waals surface area (Å²) in [4.78, 5) is 14.0. The highest BCUT2D eigenvalue weighted by Gasteiger charge is 2.30. The third kappa shape index (κ3) is 4.18. The van der Waals surface area contributed by atoms with E-state index in [4.69, 9.17) is 9.72 Å². The molecule has 3 aromatic heterocycles. The number of hydrogen-bond acceptors (Lipinski definition) is 5. The summed E-state index contributed by atoms with van der Waals surface area (Å²) in [6, 6.07) is 39.5. The molecule has 0 atom stereocenters. The van der Waals surface area contributed by atoms with Crippen molar-refractivity contribution in [3.8, 4) is 17.3 Å². The van der Waals surface area contributed by atoms with E-state index in [9.17, 15) is 0 Å². The molecular weight excluding hydrogens is 530 g/mol. The van der Waals surface area contributed by atoms with Crippen molar-refractivity contribution in [2.45, 2.75) is 13.8 Å². The fraction of sp³-hybridized carbons (Fsp3) is 0.0811. The molecule has 0 spiro atoms. The average Bonchev–Trinajstić information content (AvgIpc) is 3.58. The second-order valence-electron chi connectivity index (χ2n) is 10.9. The van der Waals surface area contributed by atoms with Crippen LogP contribution in [0.2, 0.25) is 0 Å². The van der Waals surface area contributed by atoms with Gasteiger partial charge in [0.2, 0.25) is 0 Å². The Morgan fingerprint density at radius 2 is 1.37 bits per heavy atom.